The number of nitrogens with one attached hydrogen (secondary N) is 4. The Labute approximate surface area is 230 Å². The molecule has 0 aliphatic heterocycles. The van der Waals surface area contributed by atoms with Crippen LogP contribution in [0, 0.1) is 5.92 Å². The molecular weight excluding hydrogens is 521 g/mol. The summed E-state index contributed by atoms with van der Waals surface area (Å²) in [7, 11) is -4.71. The largest absolute Gasteiger partial charge is 0.361 e. The van der Waals surface area contributed by atoms with Gasteiger partial charge in [0, 0.05) is 36.5 Å². The number of carbonyl (C=O) groups is 3. The van der Waals surface area contributed by atoms with Gasteiger partial charge in [0.15, 0.2) is 0 Å². The van der Waals surface area contributed by atoms with Crippen molar-refractivity contribution in [1.82, 2.24) is 20.9 Å². The Morgan fingerprint density at radius 3 is 2.21 bits per heavy atom. The average molecular weight is 566 g/mol. The van der Waals surface area contributed by atoms with Gasteiger partial charge in [-0.2, -0.15) is 0 Å². The Kier molecular flexibility index (Phi) is 12.6. The molecule has 1 aliphatic carbocycles. The molecule has 0 radical (unpaired) electrons. The molecule has 1 fully saturated rings. The third-order valence-electron chi connectivity index (χ3n) is 6.61. The molecule has 1 heterocycles. The number of fused-ring (bicyclic) bond motifs is 1. The number of benzene rings is 1. The van der Waals surface area contributed by atoms with Crippen LogP contribution in [-0.4, -0.2) is 56.4 Å². The lowest BCUT2D eigenvalue weighted by atomic mass is 9.97. The van der Waals surface area contributed by atoms with Gasteiger partial charge in [0.2, 0.25) is 17.7 Å². The number of aromatic nitrogens is 1. The summed E-state index contributed by atoms with van der Waals surface area (Å²) in [6.45, 7) is 6.47. The lowest BCUT2D eigenvalue weighted by Crippen LogP contribution is -2.54. The predicted molar refractivity (Wildman–Crippen MR) is 152 cm³/mol. The molecule has 1 aliphatic rings. The zero-order valence-electron chi connectivity index (χ0n) is 23.3. The molecular formula is C27H44N5O6P. The standard InChI is InChI=1S/C21H31N4O6P.C6H13N/c1-12(2)9-18(24-20(27)13(3)23-14(4)26)21(28)25-19(32(29,30)31)10-15-11-22-17-8-6-5-7-16(15)17;7-6-4-2-1-3-5-6/h5-8,11-13,18-19,22H,9-10H2,1-4H3,(H,23,26)(H,24,27)(H,25,28)(H2,29,30,31);6H,1-5,7H2/t13-,18+,19-;/m1./s1. The first kappa shape index (κ1) is 32.5. The zero-order valence-corrected chi connectivity index (χ0v) is 24.2. The van der Waals surface area contributed by atoms with Gasteiger partial charge in [-0.25, -0.2) is 0 Å². The Bertz CT molecular complexity index is 1140. The molecule has 0 saturated heterocycles. The van der Waals surface area contributed by atoms with E-state index in [0.29, 0.717) is 11.6 Å². The highest BCUT2D eigenvalue weighted by Crippen LogP contribution is 2.42. The van der Waals surface area contributed by atoms with Crippen LogP contribution in [-0.2, 0) is 25.4 Å². The molecule has 3 amide bonds. The van der Waals surface area contributed by atoms with Crippen molar-refractivity contribution in [2.75, 3.05) is 0 Å². The van der Waals surface area contributed by atoms with Crippen LogP contribution in [0.1, 0.15) is 71.8 Å². The molecule has 1 aromatic carbocycles. The van der Waals surface area contributed by atoms with E-state index in [1.807, 2.05) is 38.1 Å². The molecule has 0 unspecified atom stereocenters. The monoisotopic (exact) mass is 565 g/mol. The minimum Gasteiger partial charge on any atom is -0.361 e. The SMILES string of the molecule is CC(=O)N[C@H](C)C(=O)N[C@@H](CC(C)C)C(=O)N[C@@H](Cc1c[nH]c2ccccc12)P(=O)(O)O.NC1CCCCC1. The molecule has 11 nitrogen and oxygen atoms in total. The van der Waals surface area contributed by atoms with E-state index in [-0.39, 0.29) is 18.8 Å². The molecule has 12 heteroatoms. The van der Waals surface area contributed by atoms with Crippen molar-refractivity contribution in [3.63, 3.8) is 0 Å². The second-order valence-corrected chi connectivity index (χ2v) is 12.5. The van der Waals surface area contributed by atoms with E-state index in [9.17, 15) is 28.7 Å². The van der Waals surface area contributed by atoms with Gasteiger partial charge in [-0.15, -0.1) is 0 Å². The van der Waals surface area contributed by atoms with Crippen molar-refractivity contribution < 1.29 is 28.7 Å². The molecule has 1 aromatic heterocycles. The van der Waals surface area contributed by atoms with Crippen molar-refractivity contribution in [3.8, 4) is 0 Å². The highest BCUT2D eigenvalue weighted by Gasteiger charge is 2.34. The second-order valence-electron chi connectivity index (χ2n) is 10.7. The number of aromatic amines is 1. The van der Waals surface area contributed by atoms with Crippen molar-refractivity contribution in [3.05, 3.63) is 36.0 Å². The van der Waals surface area contributed by atoms with E-state index < -0.39 is 43.2 Å². The van der Waals surface area contributed by atoms with Crippen LogP contribution in [0.15, 0.2) is 30.5 Å². The van der Waals surface area contributed by atoms with Crippen LogP contribution < -0.4 is 21.7 Å². The van der Waals surface area contributed by atoms with Gasteiger partial charge in [-0.05, 0) is 43.7 Å². The number of nitrogens with two attached hydrogens (primary N) is 1. The highest BCUT2D eigenvalue weighted by atomic mass is 31.2. The number of para-hydroxylation sites is 1. The van der Waals surface area contributed by atoms with E-state index in [1.165, 1.54) is 46.0 Å². The molecule has 0 spiro atoms. The summed E-state index contributed by atoms with van der Waals surface area (Å²) in [6, 6.07) is 5.98. The summed E-state index contributed by atoms with van der Waals surface area (Å²) in [5.74, 6) is -3.10. The topological polar surface area (TPSA) is 187 Å². The molecule has 0 bridgehead atoms. The maximum atomic E-state index is 12.9. The third-order valence-corrected chi connectivity index (χ3v) is 7.73. The Balaban J connectivity index is 0.000000658. The normalized spacial score (nSPS) is 16.5. The lowest BCUT2D eigenvalue weighted by molar-refractivity contribution is -0.131. The highest BCUT2D eigenvalue weighted by molar-refractivity contribution is 7.52. The maximum absolute atomic E-state index is 12.9. The molecule has 8 N–H and O–H groups in total. The summed E-state index contributed by atoms with van der Waals surface area (Å²) >= 11 is 0. The van der Waals surface area contributed by atoms with Crippen LogP contribution in [0.3, 0.4) is 0 Å². The fourth-order valence-electron chi connectivity index (χ4n) is 4.53. The third kappa shape index (κ3) is 11.1. The Morgan fingerprint density at radius 2 is 1.67 bits per heavy atom. The van der Waals surface area contributed by atoms with Gasteiger partial charge in [0.1, 0.15) is 17.9 Å². The van der Waals surface area contributed by atoms with E-state index in [1.54, 1.807) is 6.20 Å². The number of amides is 3. The summed E-state index contributed by atoms with van der Waals surface area (Å²) in [5.41, 5.74) is 7.10. The first-order valence-corrected chi connectivity index (χ1v) is 15.2. The van der Waals surface area contributed by atoms with Crippen LogP contribution >= 0.6 is 7.60 Å². The van der Waals surface area contributed by atoms with Gasteiger partial charge >= 0.3 is 7.60 Å². The number of carbonyl (C=O) groups excluding carboxylic acids is 3. The molecule has 3 rings (SSSR count). The summed E-state index contributed by atoms with van der Waals surface area (Å²) in [4.78, 5) is 59.3. The maximum Gasteiger partial charge on any atom is 0.347 e. The van der Waals surface area contributed by atoms with Crippen LogP contribution in [0.5, 0.6) is 0 Å². The molecule has 218 valence electrons. The van der Waals surface area contributed by atoms with E-state index in [4.69, 9.17) is 5.73 Å². The second kappa shape index (κ2) is 15.2. The molecule has 2 aromatic rings. The number of H-pyrrole nitrogens is 1. The van der Waals surface area contributed by atoms with Crippen LogP contribution in [0.4, 0.5) is 0 Å². The van der Waals surface area contributed by atoms with Crippen molar-refractivity contribution >= 4 is 36.2 Å². The van der Waals surface area contributed by atoms with Gasteiger partial charge in [-0.3, -0.25) is 18.9 Å². The van der Waals surface area contributed by atoms with Crippen molar-refractivity contribution in [2.45, 2.75) is 96.5 Å². The van der Waals surface area contributed by atoms with Gasteiger partial charge in [0.05, 0.1) is 0 Å². The fraction of sp³-hybridized carbons (Fsp3) is 0.593. The van der Waals surface area contributed by atoms with Crippen molar-refractivity contribution in [2.24, 2.45) is 11.7 Å². The van der Waals surface area contributed by atoms with Gasteiger partial charge in [0.25, 0.3) is 0 Å². The first-order chi connectivity index (χ1) is 18.3. The Morgan fingerprint density at radius 1 is 1.03 bits per heavy atom. The minimum atomic E-state index is -4.71. The van der Waals surface area contributed by atoms with Gasteiger partial charge < -0.3 is 36.5 Å². The average Bonchev–Trinajstić information content (AvgIpc) is 3.25. The summed E-state index contributed by atoms with van der Waals surface area (Å²) in [6.07, 6.45) is 8.48. The van der Waals surface area contributed by atoms with E-state index in [2.05, 4.69) is 20.9 Å². The Hall–Kier alpha value is -2.72. The van der Waals surface area contributed by atoms with E-state index >= 15 is 0 Å². The first-order valence-electron chi connectivity index (χ1n) is 13.5. The predicted octanol–water partition coefficient (Wildman–Crippen LogP) is 2.66. The quantitative estimate of drug-likeness (QED) is 0.216. The van der Waals surface area contributed by atoms with Crippen molar-refractivity contribution in [1.29, 1.82) is 0 Å². The zero-order chi connectivity index (χ0) is 29.2. The molecule has 39 heavy (non-hydrogen) atoms. The van der Waals surface area contributed by atoms with E-state index in [0.717, 1.165) is 10.9 Å². The number of hydrogen-bond acceptors (Lipinski definition) is 5. The van der Waals surface area contributed by atoms with Gasteiger partial charge in [-0.1, -0.05) is 51.3 Å². The minimum absolute atomic E-state index is 0.0178. The van der Waals surface area contributed by atoms with Crippen LogP contribution in [0.25, 0.3) is 10.9 Å². The summed E-state index contributed by atoms with van der Waals surface area (Å²) < 4.78 is 12.2. The number of rotatable bonds is 10. The summed E-state index contributed by atoms with van der Waals surface area (Å²) in [5, 5.41) is 8.25. The lowest BCUT2D eigenvalue weighted by Gasteiger charge is -2.26. The smallest absolute Gasteiger partial charge is 0.347 e. The van der Waals surface area contributed by atoms with Crippen LogP contribution in [0.2, 0.25) is 0 Å². The number of hydrogen-bond donors (Lipinski definition) is 7. The fourth-order valence-corrected chi connectivity index (χ4v) is 5.26. The molecule has 1 saturated carbocycles. The molecule has 3 atom stereocenters.